The van der Waals surface area contributed by atoms with E-state index in [2.05, 4.69) is 30.5 Å². The van der Waals surface area contributed by atoms with Gasteiger partial charge in [-0.25, -0.2) is 0 Å². The molecule has 1 aliphatic rings. The summed E-state index contributed by atoms with van der Waals surface area (Å²) in [6, 6.07) is 22.9. The van der Waals surface area contributed by atoms with E-state index >= 15 is 0 Å². The molecule has 0 radical (unpaired) electrons. The summed E-state index contributed by atoms with van der Waals surface area (Å²) < 4.78 is 5.39. The summed E-state index contributed by atoms with van der Waals surface area (Å²) in [4.78, 5) is 25.6. The van der Waals surface area contributed by atoms with Gasteiger partial charge in [-0.15, -0.1) is 0 Å². The normalized spacial score (nSPS) is 15.2. The molecule has 0 atom stereocenters. The zero-order valence-corrected chi connectivity index (χ0v) is 19.9. The van der Waals surface area contributed by atoms with E-state index in [0.29, 0.717) is 24.1 Å². The second kappa shape index (κ2) is 9.96. The Balaban J connectivity index is 1.50. The molecular weight excluding hydrogens is 424 g/mol. The summed E-state index contributed by atoms with van der Waals surface area (Å²) >= 11 is 0. The van der Waals surface area contributed by atoms with Crippen LogP contribution in [-0.2, 0) is 17.6 Å². The molecule has 5 heteroatoms. The van der Waals surface area contributed by atoms with E-state index in [0.717, 1.165) is 29.0 Å². The van der Waals surface area contributed by atoms with E-state index in [9.17, 15) is 9.59 Å². The van der Waals surface area contributed by atoms with Crippen LogP contribution in [0.3, 0.4) is 0 Å². The lowest BCUT2D eigenvalue weighted by Gasteiger charge is -2.35. The third-order valence-corrected chi connectivity index (χ3v) is 5.90. The van der Waals surface area contributed by atoms with Crippen LogP contribution in [0.4, 0.5) is 5.69 Å². The summed E-state index contributed by atoms with van der Waals surface area (Å²) in [6.45, 7) is 4.23. The Labute approximate surface area is 200 Å². The number of ketones is 1. The molecule has 0 saturated carbocycles. The number of benzene rings is 3. The van der Waals surface area contributed by atoms with Crippen LogP contribution in [0.5, 0.6) is 5.75 Å². The molecule has 0 aromatic heterocycles. The second-order valence-corrected chi connectivity index (χ2v) is 9.25. The molecule has 0 aliphatic carbocycles. The quantitative estimate of drug-likeness (QED) is 0.370. The predicted molar refractivity (Wildman–Crippen MR) is 136 cm³/mol. The van der Waals surface area contributed by atoms with Crippen molar-refractivity contribution in [3.63, 3.8) is 0 Å². The van der Waals surface area contributed by atoms with E-state index in [1.165, 1.54) is 5.56 Å². The maximum absolute atomic E-state index is 13.2. The van der Waals surface area contributed by atoms with E-state index in [1.807, 2.05) is 42.5 Å². The molecule has 0 unspecified atom stereocenters. The van der Waals surface area contributed by atoms with Gasteiger partial charge in [0, 0.05) is 40.5 Å². The van der Waals surface area contributed by atoms with E-state index in [-0.39, 0.29) is 17.2 Å². The first-order chi connectivity index (χ1) is 16.3. The molecule has 1 aliphatic heterocycles. The Kier molecular flexibility index (Phi) is 6.82. The van der Waals surface area contributed by atoms with Gasteiger partial charge in [-0.2, -0.15) is 0 Å². The number of hydrogen-bond acceptors (Lipinski definition) is 4. The maximum atomic E-state index is 13.2. The molecule has 34 heavy (non-hydrogen) atoms. The van der Waals surface area contributed by atoms with Crippen molar-refractivity contribution in [2.24, 2.45) is 0 Å². The molecule has 0 fully saturated rings. The monoisotopic (exact) mass is 454 g/mol. The summed E-state index contributed by atoms with van der Waals surface area (Å²) in [5.74, 6) is 0.539. The van der Waals surface area contributed by atoms with Crippen molar-refractivity contribution in [3.05, 3.63) is 101 Å². The lowest BCUT2D eigenvalue weighted by molar-refractivity contribution is -0.116. The molecular formula is C29H30N2O3. The van der Waals surface area contributed by atoms with Crippen LogP contribution in [0.1, 0.15) is 47.3 Å². The largest absolute Gasteiger partial charge is 0.497 e. The fourth-order valence-electron chi connectivity index (χ4n) is 4.24. The molecule has 1 amide bonds. The summed E-state index contributed by atoms with van der Waals surface area (Å²) in [7, 11) is 1.64. The van der Waals surface area contributed by atoms with Crippen LogP contribution in [0, 0.1) is 0 Å². The number of anilines is 1. The molecule has 174 valence electrons. The van der Waals surface area contributed by atoms with Gasteiger partial charge in [-0.1, -0.05) is 48.5 Å². The van der Waals surface area contributed by atoms with Crippen LogP contribution in [0.2, 0.25) is 0 Å². The lowest BCUT2D eigenvalue weighted by Crippen LogP contribution is -2.43. The van der Waals surface area contributed by atoms with Crippen LogP contribution in [0.25, 0.3) is 5.70 Å². The zero-order valence-electron chi connectivity index (χ0n) is 19.9. The Morgan fingerprint density at radius 2 is 1.82 bits per heavy atom. The van der Waals surface area contributed by atoms with Crippen molar-refractivity contribution >= 4 is 23.1 Å². The van der Waals surface area contributed by atoms with Crippen molar-refractivity contribution < 1.29 is 14.3 Å². The van der Waals surface area contributed by atoms with Gasteiger partial charge in [0.1, 0.15) is 5.75 Å². The molecule has 5 nitrogen and oxygen atoms in total. The first-order valence-corrected chi connectivity index (χ1v) is 11.5. The summed E-state index contributed by atoms with van der Waals surface area (Å²) in [5, 5.41) is 6.41. The van der Waals surface area contributed by atoms with Gasteiger partial charge < -0.3 is 15.4 Å². The first-order valence-electron chi connectivity index (χ1n) is 11.5. The Hall–Kier alpha value is -3.86. The fourth-order valence-corrected chi connectivity index (χ4v) is 4.24. The average Bonchev–Trinajstić information content (AvgIpc) is 2.82. The van der Waals surface area contributed by atoms with E-state index in [4.69, 9.17) is 4.74 Å². The molecule has 3 aromatic carbocycles. The van der Waals surface area contributed by atoms with Gasteiger partial charge in [-0.05, 0) is 62.1 Å². The summed E-state index contributed by atoms with van der Waals surface area (Å²) in [5.41, 5.74) is 4.98. The van der Waals surface area contributed by atoms with Crippen LogP contribution in [-0.4, -0.2) is 24.3 Å². The average molecular weight is 455 g/mol. The van der Waals surface area contributed by atoms with Crippen molar-refractivity contribution in [2.45, 2.75) is 38.6 Å². The van der Waals surface area contributed by atoms with E-state index < -0.39 is 0 Å². The number of ether oxygens (including phenoxy) is 1. The standard InChI is InChI=1S/C29H30N2O3/c1-29(2)19-22-13-14-24(34-3)17-25(22)26(31-29)18-27(32)21-10-7-11-23(16-21)30-28(33)15-12-20-8-5-4-6-9-20/h4-11,13-14,16-18,31H,12,15,19H2,1-3H3,(H,30,33). The highest BCUT2D eigenvalue weighted by atomic mass is 16.5. The molecule has 2 N–H and O–H groups in total. The van der Waals surface area contributed by atoms with Crippen molar-refractivity contribution in [2.75, 3.05) is 12.4 Å². The molecule has 1 heterocycles. The highest BCUT2D eigenvalue weighted by Gasteiger charge is 2.28. The SMILES string of the molecule is COc1ccc2c(c1)C(=CC(=O)c1cccc(NC(=O)CCc3ccccc3)c1)NC(C)(C)C2. The van der Waals surface area contributed by atoms with Crippen molar-refractivity contribution in [1.82, 2.24) is 5.32 Å². The number of fused-ring (bicyclic) bond motifs is 1. The van der Waals surface area contributed by atoms with Crippen molar-refractivity contribution in [3.8, 4) is 5.75 Å². The number of carbonyl (C=O) groups is 2. The lowest BCUT2D eigenvalue weighted by atomic mass is 9.85. The number of carbonyl (C=O) groups excluding carboxylic acids is 2. The Morgan fingerprint density at radius 3 is 2.59 bits per heavy atom. The second-order valence-electron chi connectivity index (χ2n) is 9.25. The number of nitrogens with one attached hydrogen (secondary N) is 2. The minimum Gasteiger partial charge on any atom is -0.497 e. The molecule has 0 bridgehead atoms. The van der Waals surface area contributed by atoms with Gasteiger partial charge in [0.05, 0.1) is 7.11 Å². The predicted octanol–water partition coefficient (Wildman–Crippen LogP) is 5.41. The van der Waals surface area contributed by atoms with Crippen LogP contribution < -0.4 is 15.4 Å². The Bertz CT molecular complexity index is 1230. The van der Waals surface area contributed by atoms with Gasteiger partial charge in [0.15, 0.2) is 5.78 Å². The number of amides is 1. The molecule has 0 saturated heterocycles. The minimum atomic E-state index is -0.178. The van der Waals surface area contributed by atoms with Gasteiger partial charge in [-0.3, -0.25) is 9.59 Å². The number of allylic oxidation sites excluding steroid dienone is 1. The molecule has 3 aromatic rings. The van der Waals surface area contributed by atoms with Crippen LogP contribution in [0.15, 0.2) is 78.9 Å². The number of methoxy groups -OCH3 is 1. The maximum Gasteiger partial charge on any atom is 0.224 e. The molecule has 4 rings (SSSR count). The number of rotatable bonds is 7. The third kappa shape index (κ3) is 5.73. The first kappa shape index (κ1) is 23.3. The van der Waals surface area contributed by atoms with Gasteiger partial charge >= 0.3 is 0 Å². The highest BCUT2D eigenvalue weighted by molar-refractivity contribution is 6.09. The summed E-state index contributed by atoms with van der Waals surface area (Å²) in [6.07, 6.45) is 3.53. The Morgan fingerprint density at radius 1 is 1.03 bits per heavy atom. The zero-order chi connectivity index (χ0) is 24.1. The number of hydrogen-bond donors (Lipinski definition) is 2. The van der Waals surface area contributed by atoms with Gasteiger partial charge in [0.2, 0.25) is 5.91 Å². The fraction of sp³-hybridized carbons (Fsp3) is 0.241. The highest BCUT2D eigenvalue weighted by Crippen LogP contribution is 2.32. The van der Waals surface area contributed by atoms with Crippen molar-refractivity contribution in [1.29, 1.82) is 0 Å². The number of aryl methyl sites for hydroxylation is 1. The van der Waals surface area contributed by atoms with E-state index in [1.54, 1.807) is 37.5 Å². The topological polar surface area (TPSA) is 67.4 Å². The molecule has 0 spiro atoms. The minimum absolute atomic E-state index is 0.0801. The smallest absolute Gasteiger partial charge is 0.224 e. The van der Waals surface area contributed by atoms with Gasteiger partial charge in [0.25, 0.3) is 0 Å². The third-order valence-electron chi connectivity index (χ3n) is 5.90. The van der Waals surface area contributed by atoms with Crippen LogP contribution >= 0.6 is 0 Å².